The molecule has 8 nitrogen and oxygen atoms in total. The van der Waals surface area contributed by atoms with Crippen LogP contribution in [0.3, 0.4) is 0 Å². The van der Waals surface area contributed by atoms with Crippen molar-refractivity contribution < 1.29 is 9.31 Å². The highest BCUT2D eigenvalue weighted by molar-refractivity contribution is 5.68. The highest BCUT2D eigenvalue weighted by Gasteiger charge is 2.22. The normalized spacial score (nSPS) is 10.1. The number of anilines is 2. The summed E-state index contributed by atoms with van der Waals surface area (Å²) in [5.74, 6) is 4.68. The van der Waals surface area contributed by atoms with Gasteiger partial charge in [-0.2, -0.15) is 0 Å². The summed E-state index contributed by atoms with van der Waals surface area (Å²) < 4.78 is 13.0. The van der Waals surface area contributed by atoms with Crippen LogP contribution in [0.1, 0.15) is 5.56 Å². The van der Waals surface area contributed by atoms with Crippen molar-refractivity contribution in [1.82, 2.24) is 9.97 Å². The summed E-state index contributed by atoms with van der Waals surface area (Å²) >= 11 is 0. The zero-order valence-corrected chi connectivity index (χ0v) is 10.2. The molecule has 1 heterocycles. The van der Waals surface area contributed by atoms with Crippen LogP contribution in [0.15, 0.2) is 30.6 Å². The van der Waals surface area contributed by atoms with E-state index in [2.05, 4.69) is 20.7 Å². The lowest BCUT2D eigenvalue weighted by atomic mass is 10.2. The number of hydrazine groups is 1. The number of nitrogen functional groups attached to an aromatic ring is 1. The zero-order valence-electron chi connectivity index (χ0n) is 10.2. The lowest BCUT2D eigenvalue weighted by molar-refractivity contribution is -0.383. The molecule has 20 heavy (non-hydrogen) atoms. The van der Waals surface area contributed by atoms with Gasteiger partial charge in [0.2, 0.25) is 11.6 Å². The Labute approximate surface area is 113 Å². The number of hydrogen-bond donors (Lipinski definition) is 3. The molecular formula is C11H11FN6O2. The Morgan fingerprint density at radius 2 is 2.10 bits per heavy atom. The van der Waals surface area contributed by atoms with E-state index in [1.54, 1.807) is 12.1 Å². The predicted octanol–water partition coefficient (Wildman–Crippen LogP) is 1.42. The first kappa shape index (κ1) is 13.6. The number of nitrogens with one attached hydrogen (secondary N) is 2. The number of nitrogens with two attached hydrogens (primary N) is 1. The van der Waals surface area contributed by atoms with Gasteiger partial charge in [0.25, 0.3) is 0 Å². The Hall–Kier alpha value is -2.81. The molecule has 0 amide bonds. The van der Waals surface area contributed by atoms with Gasteiger partial charge in [0, 0.05) is 6.54 Å². The third-order valence-corrected chi connectivity index (χ3v) is 2.49. The SMILES string of the molecule is NNc1ncnc(NCc2cccc(F)c2)c1[N+](=O)[O-]. The fourth-order valence-corrected chi connectivity index (χ4v) is 1.62. The first-order valence-corrected chi connectivity index (χ1v) is 5.56. The van der Waals surface area contributed by atoms with Gasteiger partial charge in [-0.1, -0.05) is 12.1 Å². The van der Waals surface area contributed by atoms with Crippen molar-refractivity contribution in [2.45, 2.75) is 6.54 Å². The van der Waals surface area contributed by atoms with Crippen LogP contribution in [0.5, 0.6) is 0 Å². The van der Waals surface area contributed by atoms with Crippen molar-refractivity contribution in [2.24, 2.45) is 5.84 Å². The molecule has 1 aromatic heterocycles. The summed E-state index contributed by atoms with van der Waals surface area (Å²) in [4.78, 5) is 17.8. The number of nitro groups is 1. The van der Waals surface area contributed by atoms with Crippen LogP contribution in [0.4, 0.5) is 21.7 Å². The summed E-state index contributed by atoms with van der Waals surface area (Å²) in [6.45, 7) is 0.180. The molecule has 0 unspecified atom stereocenters. The van der Waals surface area contributed by atoms with Gasteiger partial charge in [-0.3, -0.25) is 10.1 Å². The van der Waals surface area contributed by atoms with E-state index in [1.807, 2.05) is 0 Å². The molecule has 0 bridgehead atoms. The summed E-state index contributed by atoms with van der Waals surface area (Å²) in [6.07, 6.45) is 1.14. The predicted molar refractivity (Wildman–Crippen MR) is 70.2 cm³/mol. The molecule has 0 atom stereocenters. The molecule has 0 aliphatic carbocycles. The minimum absolute atomic E-state index is 0.00205. The molecule has 0 aliphatic heterocycles. The first-order chi connectivity index (χ1) is 9.61. The number of nitrogens with zero attached hydrogens (tertiary/aromatic N) is 3. The van der Waals surface area contributed by atoms with Crippen LogP contribution in [0.25, 0.3) is 0 Å². The van der Waals surface area contributed by atoms with Gasteiger partial charge in [-0.05, 0) is 17.7 Å². The second kappa shape index (κ2) is 5.89. The van der Waals surface area contributed by atoms with E-state index in [9.17, 15) is 14.5 Å². The van der Waals surface area contributed by atoms with Crippen molar-refractivity contribution in [2.75, 3.05) is 10.7 Å². The van der Waals surface area contributed by atoms with Gasteiger partial charge >= 0.3 is 5.69 Å². The monoisotopic (exact) mass is 278 g/mol. The van der Waals surface area contributed by atoms with Gasteiger partial charge in [-0.15, -0.1) is 0 Å². The van der Waals surface area contributed by atoms with Crippen LogP contribution in [0, 0.1) is 15.9 Å². The molecule has 0 radical (unpaired) electrons. The van der Waals surface area contributed by atoms with Gasteiger partial charge in [0.05, 0.1) is 4.92 Å². The number of hydrogen-bond acceptors (Lipinski definition) is 7. The molecule has 0 aliphatic rings. The molecule has 0 fully saturated rings. The smallest absolute Gasteiger partial charge is 0.354 e. The maximum atomic E-state index is 13.0. The molecular weight excluding hydrogens is 267 g/mol. The lowest BCUT2D eigenvalue weighted by Gasteiger charge is -2.08. The minimum Gasteiger partial charge on any atom is -0.360 e. The molecule has 0 spiro atoms. The molecule has 9 heteroatoms. The molecule has 1 aromatic carbocycles. The summed E-state index contributed by atoms with van der Waals surface area (Å²) in [6, 6.07) is 5.87. The Morgan fingerprint density at radius 3 is 2.75 bits per heavy atom. The third-order valence-electron chi connectivity index (χ3n) is 2.49. The van der Waals surface area contributed by atoms with Gasteiger partial charge in [-0.25, -0.2) is 20.2 Å². The quantitative estimate of drug-likeness (QED) is 0.430. The highest BCUT2D eigenvalue weighted by atomic mass is 19.1. The van der Waals surface area contributed by atoms with Crippen molar-refractivity contribution in [3.8, 4) is 0 Å². The van der Waals surface area contributed by atoms with Crippen LogP contribution >= 0.6 is 0 Å². The summed E-state index contributed by atoms with van der Waals surface area (Å²) in [5.41, 5.74) is 2.39. The van der Waals surface area contributed by atoms with E-state index in [-0.39, 0.29) is 29.7 Å². The Kier molecular flexibility index (Phi) is 4.01. The van der Waals surface area contributed by atoms with Crippen molar-refractivity contribution >= 4 is 17.3 Å². The molecule has 104 valence electrons. The molecule has 4 N–H and O–H groups in total. The van der Waals surface area contributed by atoms with Gasteiger partial charge in [0.15, 0.2) is 0 Å². The maximum absolute atomic E-state index is 13.0. The fourth-order valence-electron chi connectivity index (χ4n) is 1.62. The molecule has 2 aromatic rings. The second-order valence-corrected chi connectivity index (χ2v) is 3.80. The molecule has 0 saturated carbocycles. The number of benzene rings is 1. The average molecular weight is 278 g/mol. The number of aromatic nitrogens is 2. The van der Waals surface area contributed by atoms with E-state index < -0.39 is 4.92 Å². The van der Waals surface area contributed by atoms with Crippen LogP contribution in [0.2, 0.25) is 0 Å². The molecule has 0 saturated heterocycles. The summed E-state index contributed by atoms with van der Waals surface area (Å²) in [7, 11) is 0. The number of halogens is 1. The third kappa shape index (κ3) is 2.95. The van der Waals surface area contributed by atoms with Crippen LogP contribution < -0.4 is 16.6 Å². The van der Waals surface area contributed by atoms with E-state index in [0.29, 0.717) is 5.56 Å². The number of rotatable bonds is 5. The van der Waals surface area contributed by atoms with Gasteiger partial charge < -0.3 is 10.7 Å². The topological polar surface area (TPSA) is 119 Å². The Bertz CT molecular complexity index is 636. The van der Waals surface area contributed by atoms with Crippen LogP contribution in [-0.4, -0.2) is 14.9 Å². The molecule has 2 rings (SSSR count). The van der Waals surface area contributed by atoms with E-state index >= 15 is 0 Å². The van der Waals surface area contributed by atoms with Crippen LogP contribution in [-0.2, 0) is 6.54 Å². The van der Waals surface area contributed by atoms with Crippen molar-refractivity contribution in [3.05, 3.63) is 52.1 Å². The lowest BCUT2D eigenvalue weighted by Crippen LogP contribution is -2.13. The van der Waals surface area contributed by atoms with E-state index in [4.69, 9.17) is 5.84 Å². The highest BCUT2D eigenvalue weighted by Crippen LogP contribution is 2.28. The minimum atomic E-state index is -0.650. The largest absolute Gasteiger partial charge is 0.360 e. The Balaban J connectivity index is 2.23. The maximum Gasteiger partial charge on any atom is 0.354 e. The van der Waals surface area contributed by atoms with Gasteiger partial charge in [0.1, 0.15) is 12.1 Å². The summed E-state index contributed by atoms with van der Waals surface area (Å²) in [5, 5.41) is 13.8. The zero-order chi connectivity index (χ0) is 14.5. The van der Waals surface area contributed by atoms with Crippen molar-refractivity contribution in [1.29, 1.82) is 0 Å². The standard InChI is InChI=1S/C11H11FN6O2/c12-8-3-1-2-7(4-8)5-14-10-9(18(19)20)11(17-13)16-6-15-10/h1-4,6H,5,13H2,(H2,14,15,16,17). The van der Waals surface area contributed by atoms with E-state index in [0.717, 1.165) is 6.33 Å². The average Bonchev–Trinajstić information content (AvgIpc) is 2.44. The fraction of sp³-hybridized carbons (Fsp3) is 0.0909. The van der Waals surface area contributed by atoms with Crippen molar-refractivity contribution in [3.63, 3.8) is 0 Å². The Morgan fingerprint density at radius 1 is 1.35 bits per heavy atom. The second-order valence-electron chi connectivity index (χ2n) is 3.80. The first-order valence-electron chi connectivity index (χ1n) is 5.56. The van der Waals surface area contributed by atoms with E-state index in [1.165, 1.54) is 12.1 Å².